The molecule has 5 rings (SSSR count). The van der Waals surface area contributed by atoms with E-state index in [2.05, 4.69) is 12.2 Å². The number of rotatable bonds is 9. The van der Waals surface area contributed by atoms with Gasteiger partial charge in [0.2, 0.25) is 11.7 Å². The summed E-state index contributed by atoms with van der Waals surface area (Å²) in [6, 6.07) is 6.00. The van der Waals surface area contributed by atoms with Gasteiger partial charge in [-0.05, 0) is 91.9 Å². The van der Waals surface area contributed by atoms with E-state index >= 15 is 0 Å². The fourth-order valence-corrected chi connectivity index (χ4v) is 8.79. The zero-order valence-electron chi connectivity index (χ0n) is 24.5. The van der Waals surface area contributed by atoms with E-state index in [-0.39, 0.29) is 66.4 Å². The van der Waals surface area contributed by atoms with E-state index < -0.39 is 35.5 Å². The summed E-state index contributed by atoms with van der Waals surface area (Å²) in [5.41, 5.74) is -0.836. The number of hydrogen-bond donors (Lipinski definition) is 3. The van der Waals surface area contributed by atoms with Crippen molar-refractivity contribution in [3.63, 3.8) is 0 Å². The molecule has 3 saturated carbocycles. The van der Waals surface area contributed by atoms with E-state index in [9.17, 15) is 33.8 Å². The fourth-order valence-electron chi connectivity index (χ4n) is 8.79. The first kappa shape index (κ1) is 30.5. The minimum absolute atomic E-state index is 0.0270. The van der Waals surface area contributed by atoms with E-state index in [4.69, 9.17) is 4.74 Å². The van der Waals surface area contributed by atoms with Gasteiger partial charge in [0.25, 0.3) is 0 Å². The number of hydrogen-bond acceptors (Lipinski definition) is 7. The lowest BCUT2D eigenvalue weighted by Crippen LogP contribution is -2.62. The maximum Gasteiger partial charge on any atom is 0.306 e. The Bertz CT molecular complexity index is 1280. The molecule has 0 aromatic heterocycles. The Kier molecular flexibility index (Phi) is 8.47. The minimum atomic E-state index is -1.72. The third kappa shape index (κ3) is 5.46. The normalized spacial score (nSPS) is 35.4. The van der Waals surface area contributed by atoms with Crippen molar-refractivity contribution in [2.24, 2.45) is 28.6 Å². The Balaban J connectivity index is 1.13. The van der Waals surface area contributed by atoms with Gasteiger partial charge in [-0.1, -0.05) is 31.6 Å². The number of Topliss-reactive ketones (excluding diaryl/α,β-unsaturated/α-hetero) is 1. The van der Waals surface area contributed by atoms with Gasteiger partial charge in [-0.25, -0.2) is 4.39 Å². The van der Waals surface area contributed by atoms with Crippen molar-refractivity contribution < 1.29 is 38.5 Å². The van der Waals surface area contributed by atoms with E-state index in [0.29, 0.717) is 32.2 Å². The van der Waals surface area contributed by atoms with Crippen LogP contribution in [-0.2, 0) is 30.3 Å². The maximum atomic E-state index is 13.4. The summed E-state index contributed by atoms with van der Waals surface area (Å²) in [7, 11) is 0. The highest BCUT2D eigenvalue weighted by Crippen LogP contribution is 2.67. The number of allylic oxidation sites excluding steroid dienone is 1. The van der Waals surface area contributed by atoms with E-state index in [1.807, 2.05) is 6.92 Å². The Morgan fingerprint density at radius 2 is 1.81 bits per heavy atom. The van der Waals surface area contributed by atoms with E-state index in [1.54, 1.807) is 18.2 Å². The van der Waals surface area contributed by atoms with Gasteiger partial charge in [0.1, 0.15) is 11.4 Å². The van der Waals surface area contributed by atoms with Gasteiger partial charge in [-0.2, -0.15) is 0 Å². The SMILES string of the molecule is CC12CCC(=O)C=C1CCC1C2C(O)CC2(C)C1CCC2(O)C(=O)COC(=O)CCC(=O)NCCc1ccc(F)cc1. The van der Waals surface area contributed by atoms with E-state index in [1.165, 1.54) is 12.1 Å². The highest BCUT2D eigenvalue weighted by atomic mass is 19.1. The maximum absolute atomic E-state index is 13.4. The highest BCUT2D eigenvalue weighted by Gasteiger charge is 2.68. The number of ether oxygens (including phenoxy) is 1. The zero-order valence-corrected chi connectivity index (χ0v) is 24.5. The first-order chi connectivity index (χ1) is 19.9. The van der Waals surface area contributed by atoms with Crippen molar-refractivity contribution in [1.82, 2.24) is 5.32 Å². The topological polar surface area (TPSA) is 130 Å². The molecule has 3 fully saturated rings. The van der Waals surface area contributed by atoms with Gasteiger partial charge < -0.3 is 20.3 Å². The first-order valence-electron chi connectivity index (χ1n) is 15.2. The number of ketones is 2. The van der Waals surface area contributed by atoms with Gasteiger partial charge in [-0.3, -0.25) is 19.2 Å². The molecule has 0 aliphatic heterocycles. The predicted octanol–water partition coefficient (Wildman–Crippen LogP) is 3.61. The number of fused-ring (bicyclic) bond motifs is 5. The van der Waals surface area contributed by atoms with Crippen molar-refractivity contribution >= 4 is 23.4 Å². The summed E-state index contributed by atoms with van der Waals surface area (Å²) in [6.45, 7) is 3.80. The molecule has 42 heavy (non-hydrogen) atoms. The summed E-state index contributed by atoms with van der Waals surface area (Å²) in [4.78, 5) is 50.0. The van der Waals surface area contributed by atoms with Crippen molar-refractivity contribution in [2.45, 2.75) is 89.8 Å². The predicted molar refractivity (Wildman–Crippen MR) is 151 cm³/mol. The number of halogens is 1. The average Bonchev–Trinajstić information content (AvgIpc) is 3.22. The number of aliphatic hydroxyl groups excluding tert-OH is 1. The summed E-state index contributed by atoms with van der Waals surface area (Å²) in [5, 5.41) is 26.0. The van der Waals surface area contributed by atoms with Crippen LogP contribution in [0, 0.1) is 34.4 Å². The molecule has 3 N–H and O–H groups in total. The molecule has 0 heterocycles. The van der Waals surface area contributed by atoms with Crippen LogP contribution < -0.4 is 5.32 Å². The average molecular weight is 584 g/mol. The number of amides is 1. The van der Waals surface area contributed by atoms with Crippen LogP contribution in [0.4, 0.5) is 4.39 Å². The first-order valence-corrected chi connectivity index (χ1v) is 15.2. The second kappa shape index (κ2) is 11.6. The Morgan fingerprint density at radius 1 is 1.07 bits per heavy atom. The number of esters is 1. The Morgan fingerprint density at radius 3 is 2.55 bits per heavy atom. The molecule has 0 radical (unpaired) electrons. The van der Waals surface area contributed by atoms with Crippen LogP contribution in [0.2, 0.25) is 0 Å². The molecular weight excluding hydrogens is 541 g/mol. The van der Waals surface area contributed by atoms with E-state index in [0.717, 1.165) is 24.0 Å². The largest absolute Gasteiger partial charge is 0.458 e. The summed E-state index contributed by atoms with van der Waals surface area (Å²) in [6.07, 6.45) is 5.22. The molecule has 1 aromatic rings. The summed E-state index contributed by atoms with van der Waals surface area (Å²) < 4.78 is 18.2. The Labute approximate surface area is 246 Å². The quantitative estimate of drug-likeness (QED) is 0.379. The molecule has 0 bridgehead atoms. The molecule has 1 aromatic carbocycles. The molecule has 1 amide bonds. The van der Waals surface area contributed by atoms with Crippen LogP contribution in [0.3, 0.4) is 0 Å². The molecule has 0 saturated heterocycles. The number of benzene rings is 1. The van der Waals surface area contributed by atoms with Gasteiger partial charge in [0, 0.05) is 24.8 Å². The van der Waals surface area contributed by atoms with Crippen molar-refractivity contribution in [3.8, 4) is 0 Å². The van der Waals surface area contributed by atoms with Crippen LogP contribution in [0.25, 0.3) is 0 Å². The summed E-state index contributed by atoms with van der Waals surface area (Å²) >= 11 is 0. The van der Waals surface area contributed by atoms with Crippen LogP contribution in [0.15, 0.2) is 35.9 Å². The van der Waals surface area contributed by atoms with Gasteiger partial charge in [0.05, 0.1) is 12.5 Å². The summed E-state index contributed by atoms with van der Waals surface area (Å²) in [5.74, 6) is -1.65. The smallest absolute Gasteiger partial charge is 0.306 e. The van der Waals surface area contributed by atoms with Crippen LogP contribution in [0.1, 0.15) is 77.2 Å². The lowest BCUT2D eigenvalue weighted by Gasteiger charge is -2.60. The fraction of sp³-hybridized carbons (Fsp3) is 0.636. The molecule has 9 heteroatoms. The van der Waals surface area contributed by atoms with Gasteiger partial charge in [0.15, 0.2) is 12.4 Å². The van der Waals surface area contributed by atoms with Crippen LogP contribution in [-0.4, -0.2) is 58.5 Å². The van der Waals surface area contributed by atoms with Crippen molar-refractivity contribution in [2.75, 3.05) is 13.2 Å². The second-order valence-corrected chi connectivity index (χ2v) is 13.3. The molecule has 7 unspecified atom stereocenters. The zero-order chi connectivity index (χ0) is 30.3. The van der Waals surface area contributed by atoms with Crippen molar-refractivity contribution in [3.05, 3.63) is 47.3 Å². The lowest BCUT2D eigenvalue weighted by molar-refractivity contribution is -0.184. The molecule has 4 aliphatic carbocycles. The van der Waals surface area contributed by atoms with Crippen LogP contribution >= 0.6 is 0 Å². The second-order valence-electron chi connectivity index (χ2n) is 13.3. The van der Waals surface area contributed by atoms with Gasteiger partial charge in [-0.15, -0.1) is 0 Å². The number of nitrogens with one attached hydrogen (secondary N) is 1. The molecule has 4 aliphatic rings. The van der Waals surface area contributed by atoms with Crippen LogP contribution in [0.5, 0.6) is 0 Å². The molecular formula is C33H42FNO7. The Hall–Kier alpha value is -2.91. The number of aliphatic hydroxyl groups is 2. The number of carbonyl (C=O) groups is 4. The third-order valence-corrected chi connectivity index (χ3v) is 11.1. The standard InChI is InChI=1S/C33H42FNO7/c1-31-14-11-23(36)17-21(31)5-8-24-25-12-15-33(41,32(25,2)18-26(37)30(24)31)27(38)19-42-29(40)10-9-28(39)35-16-13-20-3-6-22(34)7-4-20/h3-4,6-7,17,24-26,30,37,41H,5,8-16,18-19H2,1-2H3,(H,35,39). The monoisotopic (exact) mass is 583 g/mol. The van der Waals surface area contributed by atoms with Gasteiger partial charge >= 0.3 is 5.97 Å². The highest BCUT2D eigenvalue weighted by molar-refractivity contribution is 5.92. The van der Waals surface area contributed by atoms with Crippen molar-refractivity contribution in [1.29, 1.82) is 0 Å². The molecule has 8 nitrogen and oxygen atoms in total. The molecule has 0 spiro atoms. The molecule has 7 atom stereocenters. The molecule has 228 valence electrons. The number of carbonyl (C=O) groups excluding carboxylic acids is 4. The third-order valence-electron chi connectivity index (χ3n) is 11.1. The minimum Gasteiger partial charge on any atom is -0.458 e. The lowest BCUT2D eigenvalue weighted by atomic mass is 9.45.